The molecule has 370 valence electrons. The van der Waals surface area contributed by atoms with Gasteiger partial charge in [-0.1, -0.05) is 35.8 Å². The maximum absolute atomic E-state index is 12.4. The van der Waals surface area contributed by atoms with Crippen molar-refractivity contribution in [3.63, 3.8) is 0 Å². The third kappa shape index (κ3) is 15.3. The summed E-state index contributed by atoms with van der Waals surface area (Å²) in [4.78, 5) is -2.34. The summed E-state index contributed by atoms with van der Waals surface area (Å²) in [5.41, 5.74) is -0.677. The molecule has 0 saturated carbocycles. The van der Waals surface area contributed by atoms with Crippen molar-refractivity contribution in [2.75, 3.05) is 18.0 Å². The average molecular weight is 1240 g/mol. The van der Waals surface area contributed by atoms with Gasteiger partial charge in [0, 0.05) is 62.6 Å². The fraction of sp³-hybridized carbons (Fsp3) is 0.341. The van der Waals surface area contributed by atoms with Crippen molar-refractivity contribution < 1.29 is 230 Å². The predicted octanol–water partition coefficient (Wildman–Crippen LogP) is -10.8. The number of nitrogens with zero attached hydrogens (tertiary/aromatic N) is 2. The Morgan fingerprint density at radius 3 is 1.48 bits per heavy atom. The zero-order chi connectivity index (χ0) is 51.3. The standard InChI is InChI=1S/C41H45BrN2O18S6.5Na/c1-23(63(45,46)47)15-17-43-32-11-9-28-30(19-26(65(51,52)53)21-34(28)67(57,58)59)38(32)40(3,4)36(43)13-7-25(42)8-14-37-41(5,6)39-31-20-27(66(54,55)56)22-35(68(60,61)62)29(31)10-12-33(39)44(37)18-16-24(2)64(48,49)50;;;;;/h7-14,19-24H,15-18H2,1-6H3,(H5-,45,46,47,48,49,50,51,52,53,54,55,56,57,58,59,60,61,62);;;;;/q;5*+1/p-5. The number of allylic oxidation sites excluding steroid dienone is 6. The minimum absolute atomic E-state index is 0. The Kier molecular flexibility index (Phi) is 25.1. The minimum atomic E-state index is -5.36. The number of fused-ring (bicyclic) bond motifs is 6. The summed E-state index contributed by atoms with van der Waals surface area (Å²) in [6.45, 7) is 8.73. The fourth-order valence-corrected chi connectivity index (χ4v) is 12.4. The normalized spacial score (nSPS) is 17.2. The SMILES string of the molecule is CC(CCN1C(=CC=C(Br)C=CC2=[N+](CCC(C)S(=O)(=O)[O-])c3ccc4c(S(=O)(=O)[O-])cc(S(=O)(=O)[O-])cc4c3C2(C)C)C(C)(C)c2c1ccc1c(S(=O)(=O)[O-])cc(S(=O)(=O)[O-])cc21)S(=O)(=O)[O-].[Na+].[Na+].[Na+].[Na+].[Na+]. The topological polar surface area (TPSA) is 349 Å². The van der Waals surface area contributed by atoms with Crippen LogP contribution in [0.3, 0.4) is 0 Å². The molecule has 0 bridgehead atoms. The Balaban J connectivity index is 0.00000533. The number of rotatable bonds is 15. The van der Waals surface area contributed by atoms with Crippen LogP contribution in [0.1, 0.15) is 65.5 Å². The first-order chi connectivity index (χ1) is 30.8. The summed E-state index contributed by atoms with van der Waals surface area (Å²) in [6, 6.07) is 8.14. The average Bonchev–Trinajstić information content (AvgIpc) is 3.54. The minimum Gasteiger partial charge on any atom is -0.748 e. The van der Waals surface area contributed by atoms with E-state index in [0.29, 0.717) is 28.0 Å². The molecule has 0 aliphatic carbocycles. The zero-order valence-electron chi connectivity index (χ0n) is 41.5. The first-order valence-corrected chi connectivity index (χ1v) is 29.3. The molecule has 0 N–H and O–H groups in total. The molecule has 2 heterocycles. The molecular weight excluding hydrogens is 1200 g/mol. The molecule has 2 unspecified atom stereocenters. The summed E-state index contributed by atoms with van der Waals surface area (Å²) in [5, 5.41) is -3.38. The monoisotopic (exact) mass is 1230 g/mol. The van der Waals surface area contributed by atoms with Gasteiger partial charge in [-0.3, -0.25) is 0 Å². The first kappa shape index (κ1) is 72.0. The van der Waals surface area contributed by atoms with E-state index in [1.807, 2.05) is 0 Å². The molecule has 2 aliphatic heterocycles. The smallest absolute Gasteiger partial charge is 0.748 e. The van der Waals surface area contributed by atoms with Crippen molar-refractivity contribution in [2.24, 2.45) is 0 Å². The molecule has 0 radical (unpaired) electrons. The van der Waals surface area contributed by atoms with E-state index in [9.17, 15) is 77.8 Å². The van der Waals surface area contributed by atoms with Crippen LogP contribution in [-0.4, -0.2) is 112 Å². The number of hydrogen-bond donors (Lipinski definition) is 0. The van der Waals surface area contributed by atoms with Gasteiger partial charge in [0.25, 0.3) is 0 Å². The Morgan fingerprint density at radius 1 is 0.603 bits per heavy atom. The summed E-state index contributed by atoms with van der Waals surface area (Å²) in [5.74, 6) is 0. The maximum atomic E-state index is 12.4. The quantitative estimate of drug-likeness (QED) is 0.0462. The zero-order valence-corrected chi connectivity index (χ0v) is 58.0. The molecule has 0 fully saturated rings. The van der Waals surface area contributed by atoms with Crippen LogP contribution >= 0.6 is 15.9 Å². The number of benzene rings is 4. The van der Waals surface area contributed by atoms with Crippen LogP contribution in [0.4, 0.5) is 11.4 Å². The molecule has 0 spiro atoms. The Morgan fingerprint density at radius 2 is 1.04 bits per heavy atom. The Hall–Kier alpha value is 1.03. The molecule has 6 rings (SSSR count). The number of hydrogen-bond acceptors (Lipinski definition) is 19. The second-order valence-electron chi connectivity index (χ2n) is 17.3. The molecule has 0 saturated heterocycles. The van der Waals surface area contributed by atoms with Crippen LogP contribution in [-0.2, 0) is 71.5 Å². The van der Waals surface area contributed by atoms with Gasteiger partial charge in [0.2, 0.25) is 5.69 Å². The second kappa shape index (κ2) is 25.4. The van der Waals surface area contributed by atoms with Crippen LogP contribution in [0, 0.1) is 0 Å². The molecule has 2 aliphatic rings. The van der Waals surface area contributed by atoms with Gasteiger partial charge in [-0.05, 0) is 110 Å². The first-order valence-electron chi connectivity index (χ1n) is 19.9. The molecule has 0 amide bonds. The fourth-order valence-electron chi connectivity index (χ4n) is 8.75. The van der Waals surface area contributed by atoms with Crippen molar-refractivity contribution in [3.05, 3.63) is 94.1 Å². The van der Waals surface area contributed by atoms with Crippen LogP contribution in [0.25, 0.3) is 21.5 Å². The van der Waals surface area contributed by atoms with Crippen molar-refractivity contribution in [2.45, 2.75) is 95.3 Å². The van der Waals surface area contributed by atoms with Gasteiger partial charge < -0.3 is 32.2 Å². The molecule has 4 aromatic rings. The summed E-state index contributed by atoms with van der Waals surface area (Å²) < 4.78 is 222. The molecule has 32 heteroatoms. The van der Waals surface area contributed by atoms with Crippen LogP contribution < -0.4 is 153 Å². The summed E-state index contributed by atoms with van der Waals surface area (Å²) >= 11 is 3.49. The molecule has 2 atom stereocenters. The van der Waals surface area contributed by atoms with Crippen LogP contribution in [0.5, 0.6) is 0 Å². The Bertz CT molecular complexity index is 3700. The molecule has 73 heavy (non-hydrogen) atoms. The van der Waals surface area contributed by atoms with E-state index in [0.717, 1.165) is 12.1 Å². The van der Waals surface area contributed by atoms with Gasteiger partial charge in [-0.2, -0.15) is 4.58 Å². The van der Waals surface area contributed by atoms with E-state index in [1.54, 1.807) is 49.3 Å². The second-order valence-corrected chi connectivity index (χ2v) is 27.3. The third-order valence-corrected chi connectivity index (χ3v) is 18.6. The maximum Gasteiger partial charge on any atom is 1.00 e. The largest absolute Gasteiger partial charge is 1.00 e. The van der Waals surface area contributed by atoms with E-state index in [-0.39, 0.29) is 218 Å². The van der Waals surface area contributed by atoms with Gasteiger partial charge in [-0.25, -0.2) is 50.5 Å². The molecule has 0 aromatic heterocycles. The van der Waals surface area contributed by atoms with E-state index < -0.39 is 102 Å². The third-order valence-electron chi connectivity index (χ3n) is 12.2. The summed E-state index contributed by atoms with van der Waals surface area (Å²) in [7, 11) is -30.9. The van der Waals surface area contributed by atoms with Crippen LogP contribution in [0.15, 0.2) is 103 Å². The van der Waals surface area contributed by atoms with Gasteiger partial charge in [-0.15, -0.1) is 0 Å². The van der Waals surface area contributed by atoms with E-state index in [1.165, 1.54) is 50.3 Å². The van der Waals surface area contributed by atoms with E-state index >= 15 is 0 Å². The molecule has 20 nitrogen and oxygen atoms in total. The van der Waals surface area contributed by atoms with E-state index in [4.69, 9.17) is 0 Å². The number of halogens is 1. The van der Waals surface area contributed by atoms with Gasteiger partial charge in [0.05, 0.1) is 50.5 Å². The summed E-state index contributed by atoms with van der Waals surface area (Å²) in [6.07, 6.45) is 5.73. The van der Waals surface area contributed by atoms with Gasteiger partial charge in [0.1, 0.15) is 40.5 Å². The van der Waals surface area contributed by atoms with Gasteiger partial charge >= 0.3 is 148 Å². The molecule has 4 aromatic carbocycles. The molecular formula is C41H40BrN2Na5O18S6. The van der Waals surface area contributed by atoms with Crippen molar-refractivity contribution in [3.8, 4) is 0 Å². The van der Waals surface area contributed by atoms with Gasteiger partial charge in [0.15, 0.2) is 12.3 Å². The van der Waals surface area contributed by atoms with Crippen molar-refractivity contribution in [1.29, 1.82) is 0 Å². The van der Waals surface area contributed by atoms with Crippen LogP contribution in [0.2, 0.25) is 0 Å². The Labute approximate surface area is 544 Å². The number of anilines is 1. The van der Waals surface area contributed by atoms with Crippen molar-refractivity contribution in [1.82, 2.24) is 0 Å². The van der Waals surface area contributed by atoms with Crippen molar-refractivity contribution >= 4 is 115 Å². The van der Waals surface area contributed by atoms with E-state index in [2.05, 4.69) is 15.9 Å². The predicted molar refractivity (Wildman–Crippen MR) is 245 cm³/mol.